The van der Waals surface area contributed by atoms with Gasteiger partial charge in [-0.05, 0) is 24.3 Å². The van der Waals surface area contributed by atoms with Crippen molar-refractivity contribution in [3.63, 3.8) is 0 Å². The van der Waals surface area contributed by atoms with Gasteiger partial charge in [0, 0.05) is 13.1 Å². The van der Waals surface area contributed by atoms with Crippen LogP contribution < -0.4 is 10.6 Å². The Morgan fingerprint density at radius 3 is 2.43 bits per heavy atom. The van der Waals surface area contributed by atoms with Crippen molar-refractivity contribution in [2.75, 3.05) is 18.1 Å². The first kappa shape index (κ1) is 22.8. The lowest BCUT2D eigenvalue weighted by Crippen LogP contribution is -2.42. The summed E-state index contributed by atoms with van der Waals surface area (Å²) in [5.74, 6) is -0.523. The smallest absolute Gasteiger partial charge is 0.335 e. The number of nitrogens with one attached hydrogen (secondary N) is 2. The molecule has 28 heavy (non-hydrogen) atoms. The van der Waals surface area contributed by atoms with Crippen LogP contribution in [0.2, 0.25) is 0 Å². The quantitative estimate of drug-likeness (QED) is 0.410. The van der Waals surface area contributed by atoms with Crippen LogP contribution in [0, 0.1) is 5.92 Å². The summed E-state index contributed by atoms with van der Waals surface area (Å²) in [7, 11) is -8.48. The van der Waals surface area contributed by atoms with Crippen LogP contribution in [0.3, 0.4) is 0 Å². The minimum absolute atomic E-state index is 0.0335. The van der Waals surface area contributed by atoms with Crippen LogP contribution in [0.25, 0.3) is 0 Å². The molecule has 0 aromatic heterocycles. The fourth-order valence-electron chi connectivity index (χ4n) is 3.26. The molecule has 1 aromatic rings. The first-order valence-electron chi connectivity index (χ1n) is 9.13. The highest BCUT2D eigenvalue weighted by Crippen LogP contribution is 2.38. The van der Waals surface area contributed by atoms with E-state index in [0.29, 0.717) is 0 Å². The van der Waals surface area contributed by atoms with Gasteiger partial charge in [-0.3, -0.25) is 4.52 Å². The van der Waals surface area contributed by atoms with Crippen molar-refractivity contribution in [2.24, 2.45) is 5.92 Å². The molecule has 0 radical (unpaired) electrons. The summed E-state index contributed by atoms with van der Waals surface area (Å²) in [4.78, 5) is 30.0. The first-order chi connectivity index (χ1) is 13.1. The Balaban J connectivity index is 1.87. The number of phosphoric ester groups is 1. The number of urea groups is 1. The molecule has 1 aliphatic carbocycles. The molecule has 1 atom stereocenters. The van der Waals surface area contributed by atoms with Gasteiger partial charge in [0.25, 0.3) is 0 Å². The average Bonchev–Trinajstić information content (AvgIpc) is 3.09. The molecule has 0 saturated heterocycles. The van der Waals surface area contributed by atoms with E-state index in [0.717, 1.165) is 31.2 Å². The largest absolute Gasteiger partial charge is 0.469 e. The fraction of sp³-hybridized carbons (Fsp3) is 0.588. The lowest BCUT2D eigenvalue weighted by Gasteiger charge is -2.20. The van der Waals surface area contributed by atoms with E-state index in [-0.39, 0.29) is 24.8 Å². The molecular formula is C17H27N2O7PS. The predicted octanol–water partition coefficient (Wildman–Crippen LogP) is 1.57. The van der Waals surface area contributed by atoms with Crippen molar-refractivity contribution in [3.8, 4) is 0 Å². The molecule has 0 aliphatic heterocycles. The molecule has 1 fully saturated rings. The van der Waals surface area contributed by atoms with Crippen LogP contribution >= 0.6 is 7.82 Å². The summed E-state index contributed by atoms with van der Waals surface area (Å²) in [6.45, 7) is -0.0771. The topological polar surface area (TPSA) is 142 Å². The third-order valence-electron chi connectivity index (χ3n) is 4.48. The monoisotopic (exact) mass is 434 g/mol. The molecule has 9 nitrogen and oxygen atoms in total. The number of amides is 2. The molecule has 4 N–H and O–H groups in total. The summed E-state index contributed by atoms with van der Waals surface area (Å²) < 4.78 is 40.5. The molecule has 1 unspecified atom stereocenters. The average molecular weight is 434 g/mol. The second-order valence-electron chi connectivity index (χ2n) is 6.99. The molecule has 2 rings (SSSR count). The van der Waals surface area contributed by atoms with Gasteiger partial charge in [-0.25, -0.2) is 17.8 Å². The van der Waals surface area contributed by atoms with Gasteiger partial charge in [0.1, 0.15) is 6.10 Å². The van der Waals surface area contributed by atoms with Crippen molar-refractivity contribution in [1.29, 1.82) is 0 Å². The van der Waals surface area contributed by atoms with Crippen molar-refractivity contribution < 1.29 is 32.1 Å². The second kappa shape index (κ2) is 10.4. The van der Waals surface area contributed by atoms with Gasteiger partial charge < -0.3 is 20.4 Å². The van der Waals surface area contributed by atoms with E-state index in [1.807, 2.05) is 30.3 Å². The van der Waals surface area contributed by atoms with E-state index in [2.05, 4.69) is 15.2 Å². The van der Waals surface area contributed by atoms with Crippen LogP contribution in [-0.2, 0) is 25.5 Å². The first-order valence-corrected chi connectivity index (χ1v) is 12.5. The van der Waals surface area contributed by atoms with Crippen LogP contribution in [-0.4, -0.2) is 48.4 Å². The third-order valence-corrected chi connectivity index (χ3v) is 6.91. The van der Waals surface area contributed by atoms with Gasteiger partial charge in [-0.15, -0.1) is 0 Å². The molecule has 1 aromatic carbocycles. The number of carbonyl (C=O) groups is 1. The summed E-state index contributed by atoms with van der Waals surface area (Å²) in [6, 6.07) is 8.57. The van der Waals surface area contributed by atoms with E-state index in [9.17, 15) is 17.8 Å². The number of rotatable bonds is 10. The van der Waals surface area contributed by atoms with Crippen molar-refractivity contribution in [3.05, 3.63) is 35.9 Å². The maximum Gasteiger partial charge on any atom is 0.469 e. The number of phosphoric acid groups is 1. The Bertz CT molecular complexity index is 776. The summed E-state index contributed by atoms with van der Waals surface area (Å²) in [5, 5.41) is 5.00. The van der Waals surface area contributed by atoms with Crippen LogP contribution in [0.5, 0.6) is 0 Å². The van der Waals surface area contributed by atoms with Crippen molar-refractivity contribution in [2.45, 2.75) is 38.3 Å². The Morgan fingerprint density at radius 2 is 1.82 bits per heavy atom. The summed E-state index contributed by atoms with van der Waals surface area (Å²) >= 11 is 0. The normalized spacial score (nSPS) is 16.6. The zero-order chi connectivity index (χ0) is 20.6. The van der Waals surface area contributed by atoms with Crippen LogP contribution in [0.1, 0.15) is 31.2 Å². The van der Waals surface area contributed by atoms with Crippen molar-refractivity contribution >= 4 is 23.7 Å². The predicted molar refractivity (Wildman–Crippen MR) is 104 cm³/mol. The van der Waals surface area contributed by atoms with Crippen LogP contribution in [0.15, 0.2) is 30.3 Å². The molecule has 0 heterocycles. The Morgan fingerprint density at radius 1 is 1.18 bits per heavy atom. The van der Waals surface area contributed by atoms with Gasteiger partial charge in [0.15, 0.2) is 9.84 Å². The third kappa shape index (κ3) is 9.16. The van der Waals surface area contributed by atoms with Gasteiger partial charge in [-0.1, -0.05) is 43.2 Å². The molecule has 1 saturated carbocycles. The lowest BCUT2D eigenvalue weighted by molar-refractivity contribution is 0.145. The molecule has 0 bridgehead atoms. The lowest BCUT2D eigenvalue weighted by atomic mass is 10.1. The molecule has 1 aliphatic rings. The molecule has 0 spiro atoms. The van der Waals surface area contributed by atoms with E-state index in [1.165, 1.54) is 0 Å². The molecule has 2 amide bonds. The fourth-order valence-corrected chi connectivity index (χ4v) is 5.83. The highest BCUT2D eigenvalue weighted by molar-refractivity contribution is 7.91. The zero-order valence-electron chi connectivity index (χ0n) is 15.5. The van der Waals surface area contributed by atoms with E-state index in [1.54, 1.807) is 0 Å². The van der Waals surface area contributed by atoms with Crippen LogP contribution in [0.4, 0.5) is 4.79 Å². The standard InChI is InChI=1S/C17H27N2O7PS/c20-17(18-10-14-6-2-1-3-7-14)19-11-16(26-27(21,22)23)13-28(24,25)12-15-8-4-5-9-15/h1-3,6-7,15-16H,4-5,8-13H2,(H2,18,19,20)(H2,21,22,23). The maximum absolute atomic E-state index is 12.4. The molecular weight excluding hydrogens is 407 g/mol. The highest BCUT2D eigenvalue weighted by Gasteiger charge is 2.30. The number of hydrogen-bond donors (Lipinski definition) is 4. The van der Waals surface area contributed by atoms with E-state index >= 15 is 0 Å². The SMILES string of the molecule is O=C(NCc1ccccc1)NCC(CS(=O)(=O)CC1CCCC1)OP(=O)(O)O. The number of carbonyl (C=O) groups excluding carboxylic acids is 1. The van der Waals surface area contributed by atoms with Gasteiger partial charge in [0.2, 0.25) is 0 Å². The van der Waals surface area contributed by atoms with E-state index in [4.69, 9.17) is 9.79 Å². The van der Waals surface area contributed by atoms with Crippen molar-refractivity contribution in [1.82, 2.24) is 10.6 Å². The Labute approximate surface area is 165 Å². The summed E-state index contributed by atoms with van der Waals surface area (Å²) in [6.07, 6.45) is 2.32. The highest BCUT2D eigenvalue weighted by atomic mass is 32.2. The number of sulfone groups is 1. The maximum atomic E-state index is 12.4. The summed E-state index contributed by atoms with van der Waals surface area (Å²) in [5.41, 5.74) is 0.875. The molecule has 158 valence electrons. The second-order valence-corrected chi connectivity index (χ2v) is 10.3. The number of benzene rings is 1. The van der Waals surface area contributed by atoms with E-state index < -0.39 is 35.5 Å². The molecule has 11 heteroatoms. The van der Waals surface area contributed by atoms with Gasteiger partial charge in [0.05, 0.1) is 11.5 Å². The number of hydrogen-bond acceptors (Lipinski definition) is 5. The van der Waals surface area contributed by atoms with Gasteiger partial charge >= 0.3 is 13.9 Å². The minimum atomic E-state index is -4.90. The Hall–Kier alpha value is -1.45. The zero-order valence-corrected chi connectivity index (χ0v) is 17.2. The van der Waals surface area contributed by atoms with Gasteiger partial charge in [-0.2, -0.15) is 0 Å². The minimum Gasteiger partial charge on any atom is -0.335 e. The Kier molecular flexibility index (Phi) is 8.45.